The lowest BCUT2D eigenvalue weighted by Gasteiger charge is -2.15. The zero-order valence-electron chi connectivity index (χ0n) is 10.8. The van der Waals surface area contributed by atoms with Crippen molar-refractivity contribution in [3.8, 4) is 0 Å². The van der Waals surface area contributed by atoms with E-state index >= 15 is 0 Å². The fraction of sp³-hybridized carbons (Fsp3) is 0.462. The first kappa shape index (κ1) is 15.9. The molecule has 2 atom stereocenters. The average Bonchev–Trinajstić information content (AvgIpc) is 2.42. The first-order valence-electron chi connectivity index (χ1n) is 6.01. The monoisotopic (exact) mass is 286 g/mol. The zero-order valence-corrected chi connectivity index (χ0v) is 11.6. The van der Waals surface area contributed by atoms with Crippen LogP contribution in [0.4, 0.5) is 4.39 Å². The molecule has 4 nitrogen and oxygen atoms in total. The summed E-state index contributed by atoms with van der Waals surface area (Å²) in [5.74, 6) is -0.0230. The van der Waals surface area contributed by atoms with E-state index < -0.39 is 18.0 Å². The molecule has 1 unspecified atom stereocenters. The largest absolute Gasteiger partial charge is 0.386 e. The lowest BCUT2D eigenvalue weighted by atomic mass is 10.1. The maximum Gasteiger partial charge on any atom is 0.237 e. The number of hydrogen-bond acceptors (Lipinski definition) is 4. The SMILES string of the molecule is CSCC[C@H](N)C(=O)NCC(O)c1ccccc1F. The van der Waals surface area contributed by atoms with Crippen LogP contribution in [0.15, 0.2) is 24.3 Å². The number of halogens is 1. The number of aliphatic hydroxyl groups excluding tert-OH is 1. The highest BCUT2D eigenvalue weighted by atomic mass is 32.2. The van der Waals surface area contributed by atoms with Gasteiger partial charge in [-0.15, -0.1) is 0 Å². The summed E-state index contributed by atoms with van der Waals surface area (Å²) in [4.78, 5) is 11.6. The van der Waals surface area contributed by atoms with Gasteiger partial charge in [0, 0.05) is 12.1 Å². The second kappa shape index (κ2) is 8.14. The quantitative estimate of drug-likeness (QED) is 0.700. The van der Waals surface area contributed by atoms with Crippen LogP contribution in [0.2, 0.25) is 0 Å². The molecule has 0 aliphatic rings. The molecule has 19 heavy (non-hydrogen) atoms. The molecule has 1 amide bonds. The van der Waals surface area contributed by atoms with E-state index in [9.17, 15) is 14.3 Å². The van der Waals surface area contributed by atoms with Crippen LogP contribution in [0.1, 0.15) is 18.1 Å². The van der Waals surface area contributed by atoms with Gasteiger partial charge in [-0.25, -0.2) is 4.39 Å². The molecule has 0 aromatic heterocycles. The van der Waals surface area contributed by atoms with Gasteiger partial charge in [0.15, 0.2) is 0 Å². The maximum atomic E-state index is 13.4. The predicted molar refractivity (Wildman–Crippen MR) is 75.3 cm³/mol. The molecule has 0 saturated heterocycles. The van der Waals surface area contributed by atoms with Crippen LogP contribution >= 0.6 is 11.8 Å². The molecule has 0 heterocycles. The molecule has 1 aromatic rings. The Bertz CT molecular complexity index is 417. The van der Waals surface area contributed by atoms with Crippen LogP contribution in [-0.2, 0) is 4.79 Å². The first-order valence-corrected chi connectivity index (χ1v) is 7.40. The van der Waals surface area contributed by atoms with Crippen molar-refractivity contribution in [2.45, 2.75) is 18.6 Å². The molecule has 0 spiro atoms. The van der Waals surface area contributed by atoms with Crippen molar-refractivity contribution in [2.75, 3.05) is 18.6 Å². The normalized spacial score (nSPS) is 13.9. The summed E-state index contributed by atoms with van der Waals surface area (Å²) in [7, 11) is 0. The molecule has 4 N–H and O–H groups in total. The Morgan fingerprint density at radius 2 is 2.21 bits per heavy atom. The molecular formula is C13H19FN2O2S. The van der Waals surface area contributed by atoms with Crippen molar-refractivity contribution in [2.24, 2.45) is 5.73 Å². The molecule has 0 saturated carbocycles. The highest BCUT2D eigenvalue weighted by molar-refractivity contribution is 7.98. The van der Waals surface area contributed by atoms with E-state index in [1.165, 1.54) is 12.1 Å². The maximum absolute atomic E-state index is 13.4. The summed E-state index contributed by atoms with van der Waals surface area (Å²) in [5.41, 5.74) is 5.84. The van der Waals surface area contributed by atoms with Crippen LogP contribution in [0, 0.1) is 5.82 Å². The van der Waals surface area contributed by atoms with Crippen LogP contribution in [-0.4, -0.2) is 35.6 Å². The number of benzene rings is 1. The number of nitrogens with one attached hydrogen (secondary N) is 1. The Morgan fingerprint density at radius 1 is 1.53 bits per heavy atom. The number of hydrogen-bond donors (Lipinski definition) is 3. The molecule has 0 aliphatic heterocycles. The van der Waals surface area contributed by atoms with E-state index in [1.807, 2.05) is 6.26 Å². The summed E-state index contributed by atoms with van der Waals surface area (Å²) in [5, 5.41) is 12.3. The Labute approximate surface area is 116 Å². The van der Waals surface area contributed by atoms with E-state index in [0.29, 0.717) is 6.42 Å². The van der Waals surface area contributed by atoms with E-state index in [2.05, 4.69) is 5.32 Å². The van der Waals surface area contributed by atoms with Gasteiger partial charge in [0.2, 0.25) is 5.91 Å². The Morgan fingerprint density at radius 3 is 2.84 bits per heavy atom. The lowest BCUT2D eigenvalue weighted by molar-refractivity contribution is -0.122. The highest BCUT2D eigenvalue weighted by Gasteiger charge is 2.16. The molecule has 0 bridgehead atoms. The van der Waals surface area contributed by atoms with Crippen LogP contribution in [0.25, 0.3) is 0 Å². The van der Waals surface area contributed by atoms with Gasteiger partial charge >= 0.3 is 0 Å². The molecule has 106 valence electrons. The third-order valence-electron chi connectivity index (χ3n) is 2.70. The van der Waals surface area contributed by atoms with E-state index in [-0.39, 0.29) is 18.0 Å². The minimum atomic E-state index is -1.07. The molecule has 1 aromatic carbocycles. The number of nitrogens with two attached hydrogens (primary N) is 1. The van der Waals surface area contributed by atoms with Crippen molar-refractivity contribution >= 4 is 17.7 Å². The number of rotatable bonds is 7. The Balaban J connectivity index is 2.44. The van der Waals surface area contributed by atoms with Crippen molar-refractivity contribution in [3.05, 3.63) is 35.6 Å². The van der Waals surface area contributed by atoms with Crippen molar-refractivity contribution < 1.29 is 14.3 Å². The van der Waals surface area contributed by atoms with E-state index in [0.717, 1.165) is 5.75 Å². The first-order chi connectivity index (χ1) is 9.06. The smallest absolute Gasteiger partial charge is 0.237 e. The number of thioether (sulfide) groups is 1. The summed E-state index contributed by atoms with van der Waals surface area (Å²) in [6, 6.07) is 5.33. The standard InChI is InChI=1S/C13H19FN2O2S/c1-19-7-6-11(15)13(18)16-8-12(17)9-4-2-3-5-10(9)14/h2-5,11-12,17H,6-8,15H2,1H3,(H,16,18)/t11-,12?/m0/s1. The minimum Gasteiger partial charge on any atom is -0.386 e. The van der Waals surface area contributed by atoms with Crippen molar-refractivity contribution in [1.29, 1.82) is 0 Å². The molecule has 0 radical (unpaired) electrons. The average molecular weight is 286 g/mol. The topological polar surface area (TPSA) is 75.4 Å². The van der Waals surface area contributed by atoms with Gasteiger partial charge in [-0.05, 0) is 24.5 Å². The number of carbonyl (C=O) groups is 1. The summed E-state index contributed by atoms with van der Waals surface area (Å²) in [6.45, 7) is -0.0489. The molecule has 6 heteroatoms. The summed E-state index contributed by atoms with van der Waals surface area (Å²) in [6.07, 6.45) is 1.44. The predicted octanol–water partition coefficient (Wildman–Crippen LogP) is 1.06. The molecule has 0 aliphatic carbocycles. The Hall–Kier alpha value is -1.11. The molecule has 0 fully saturated rings. The van der Waals surface area contributed by atoms with Gasteiger partial charge in [-0.2, -0.15) is 11.8 Å². The van der Waals surface area contributed by atoms with Gasteiger partial charge < -0.3 is 16.2 Å². The number of amides is 1. The third-order valence-corrected chi connectivity index (χ3v) is 3.35. The van der Waals surface area contributed by atoms with Crippen LogP contribution < -0.4 is 11.1 Å². The number of carbonyl (C=O) groups excluding carboxylic acids is 1. The van der Waals surface area contributed by atoms with Crippen LogP contribution in [0.3, 0.4) is 0 Å². The summed E-state index contributed by atoms with van der Waals surface area (Å²) < 4.78 is 13.4. The number of aliphatic hydroxyl groups is 1. The zero-order chi connectivity index (χ0) is 14.3. The van der Waals surface area contributed by atoms with E-state index in [1.54, 1.807) is 23.9 Å². The van der Waals surface area contributed by atoms with Gasteiger partial charge in [0.1, 0.15) is 5.82 Å². The Kier molecular flexibility index (Phi) is 6.83. The second-order valence-corrected chi connectivity index (χ2v) is 5.16. The summed E-state index contributed by atoms with van der Waals surface area (Å²) >= 11 is 1.61. The molecular weight excluding hydrogens is 267 g/mol. The fourth-order valence-electron chi connectivity index (χ4n) is 1.56. The van der Waals surface area contributed by atoms with Crippen LogP contribution in [0.5, 0.6) is 0 Å². The highest BCUT2D eigenvalue weighted by Crippen LogP contribution is 2.15. The van der Waals surface area contributed by atoms with E-state index in [4.69, 9.17) is 5.73 Å². The van der Waals surface area contributed by atoms with Gasteiger partial charge in [0.05, 0.1) is 12.1 Å². The molecule has 1 rings (SSSR count). The minimum absolute atomic E-state index is 0.0489. The van der Waals surface area contributed by atoms with Crippen molar-refractivity contribution in [1.82, 2.24) is 5.32 Å². The third kappa shape index (κ3) is 5.18. The van der Waals surface area contributed by atoms with Crippen molar-refractivity contribution in [3.63, 3.8) is 0 Å². The van der Waals surface area contributed by atoms with Gasteiger partial charge in [0.25, 0.3) is 0 Å². The van der Waals surface area contributed by atoms with Gasteiger partial charge in [-0.1, -0.05) is 18.2 Å². The lowest BCUT2D eigenvalue weighted by Crippen LogP contribution is -2.42. The fourth-order valence-corrected chi connectivity index (χ4v) is 2.05. The second-order valence-electron chi connectivity index (χ2n) is 4.17. The van der Waals surface area contributed by atoms with Gasteiger partial charge in [-0.3, -0.25) is 4.79 Å².